The first kappa shape index (κ1) is 20.5. The number of halogens is 1. The zero-order valence-corrected chi connectivity index (χ0v) is 17.3. The van der Waals surface area contributed by atoms with Crippen LogP contribution >= 0.6 is 0 Å². The quantitative estimate of drug-likeness (QED) is 0.656. The summed E-state index contributed by atoms with van der Waals surface area (Å²) < 4.78 is 16.9. The zero-order valence-electron chi connectivity index (χ0n) is 17.3. The Hall–Kier alpha value is -2.74. The molecule has 2 aliphatic rings. The molecule has 0 radical (unpaired) electrons. The Kier molecular flexibility index (Phi) is 6.13. The smallest absolute Gasteiger partial charge is 0.140 e. The van der Waals surface area contributed by atoms with E-state index in [9.17, 15) is 4.39 Å². The van der Waals surface area contributed by atoms with Gasteiger partial charge < -0.3 is 16.4 Å². The average molecular weight is 412 g/mol. The van der Waals surface area contributed by atoms with Crippen LogP contribution in [0, 0.1) is 0 Å². The van der Waals surface area contributed by atoms with Crippen molar-refractivity contribution in [2.24, 2.45) is 5.73 Å². The van der Waals surface area contributed by atoms with Gasteiger partial charge in [-0.15, -0.1) is 0 Å². The molecule has 30 heavy (non-hydrogen) atoms. The molecule has 0 aromatic carbocycles. The van der Waals surface area contributed by atoms with Crippen molar-refractivity contribution < 1.29 is 4.39 Å². The number of alkyl halides is 1. The van der Waals surface area contributed by atoms with Crippen LogP contribution in [0.1, 0.15) is 50.1 Å². The van der Waals surface area contributed by atoms with Crippen molar-refractivity contribution in [3.8, 4) is 0 Å². The Labute approximate surface area is 176 Å². The second-order valence-electron chi connectivity index (χ2n) is 8.31. The molecule has 2 aromatic rings. The molecule has 0 bridgehead atoms. The van der Waals surface area contributed by atoms with Crippen LogP contribution in [-0.4, -0.2) is 45.1 Å². The van der Waals surface area contributed by atoms with Gasteiger partial charge >= 0.3 is 0 Å². The average Bonchev–Trinajstić information content (AvgIpc) is 3.45. The first-order chi connectivity index (χ1) is 14.5. The molecule has 8 heteroatoms. The number of allylic oxidation sites excluding steroid dienone is 1. The third-order valence-electron chi connectivity index (χ3n) is 5.98. The summed E-state index contributed by atoms with van der Waals surface area (Å²) in [6.45, 7) is 5.49. The van der Waals surface area contributed by atoms with Gasteiger partial charge in [-0.2, -0.15) is 5.10 Å². The predicted molar refractivity (Wildman–Crippen MR) is 116 cm³/mol. The van der Waals surface area contributed by atoms with Gasteiger partial charge in [-0.1, -0.05) is 19.4 Å². The molecule has 1 aliphatic carbocycles. The third-order valence-corrected chi connectivity index (χ3v) is 5.98. The van der Waals surface area contributed by atoms with Gasteiger partial charge in [-0.3, -0.25) is 9.67 Å². The van der Waals surface area contributed by atoms with Crippen LogP contribution in [0.5, 0.6) is 0 Å². The van der Waals surface area contributed by atoms with Crippen LogP contribution in [0.25, 0.3) is 17.5 Å². The molecule has 3 heterocycles. The Bertz CT molecular complexity index is 1000. The second kappa shape index (κ2) is 8.95. The van der Waals surface area contributed by atoms with E-state index in [-0.39, 0.29) is 6.54 Å². The molecule has 0 spiro atoms. The van der Waals surface area contributed by atoms with Crippen molar-refractivity contribution >= 4 is 17.5 Å². The van der Waals surface area contributed by atoms with Crippen LogP contribution in [0.2, 0.25) is 0 Å². The normalized spacial score (nSPS) is 24.1. The van der Waals surface area contributed by atoms with Crippen molar-refractivity contribution in [3.05, 3.63) is 47.6 Å². The summed E-state index contributed by atoms with van der Waals surface area (Å²) in [5, 5.41) is 11.7. The van der Waals surface area contributed by atoms with E-state index in [4.69, 9.17) is 5.73 Å². The fourth-order valence-electron chi connectivity index (χ4n) is 4.20. The van der Waals surface area contributed by atoms with E-state index in [0.717, 1.165) is 24.1 Å². The number of nitrogens with one attached hydrogen (secondary N) is 2. The monoisotopic (exact) mass is 411 g/mol. The minimum atomic E-state index is -1.31. The summed E-state index contributed by atoms with van der Waals surface area (Å²) in [4.78, 5) is 8.77. The SMILES string of the molecule is C=C(/C=c1/nccn/c1=C(/N)NCC1(F)CCCNC1)c1cnn(C2CCCC2)c1. The lowest BCUT2D eigenvalue weighted by atomic mass is 9.96. The molecule has 4 rings (SSSR count). The van der Waals surface area contributed by atoms with Gasteiger partial charge in [0.1, 0.15) is 16.8 Å². The minimum absolute atomic E-state index is 0.136. The second-order valence-corrected chi connectivity index (χ2v) is 8.31. The summed E-state index contributed by atoms with van der Waals surface area (Å²) >= 11 is 0. The van der Waals surface area contributed by atoms with E-state index in [0.29, 0.717) is 35.5 Å². The molecular formula is C22H30FN7. The highest BCUT2D eigenvalue weighted by Crippen LogP contribution is 2.29. The first-order valence-electron chi connectivity index (χ1n) is 10.7. The van der Waals surface area contributed by atoms with Gasteiger partial charge in [-0.25, -0.2) is 9.37 Å². The van der Waals surface area contributed by atoms with E-state index in [2.05, 4.69) is 32.3 Å². The Balaban J connectivity index is 1.55. The molecule has 0 amide bonds. The summed E-state index contributed by atoms with van der Waals surface area (Å²) in [6, 6.07) is 0.481. The summed E-state index contributed by atoms with van der Waals surface area (Å²) in [6.07, 6.45) is 15.1. The van der Waals surface area contributed by atoms with Crippen molar-refractivity contribution in [3.63, 3.8) is 0 Å². The molecule has 4 N–H and O–H groups in total. The highest BCUT2D eigenvalue weighted by atomic mass is 19.1. The fraction of sp³-hybridized carbons (Fsp3) is 0.500. The fourth-order valence-corrected chi connectivity index (χ4v) is 4.20. The number of hydrogen-bond acceptors (Lipinski definition) is 6. The minimum Gasteiger partial charge on any atom is -0.384 e. The maximum absolute atomic E-state index is 14.8. The van der Waals surface area contributed by atoms with E-state index in [1.807, 2.05) is 23.2 Å². The van der Waals surface area contributed by atoms with Gasteiger partial charge in [0.15, 0.2) is 0 Å². The number of aromatic nitrogens is 4. The van der Waals surface area contributed by atoms with E-state index < -0.39 is 5.67 Å². The van der Waals surface area contributed by atoms with Gasteiger partial charge in [0.2, 0.25) is 0 Å². The van der Waals surface area contributed by atoms with Crippen LogP contribution in [0.4, 0.5) is 4.39 Å². The van der Waals surface area contributed by atoms with Crippen molar-refractivity contribution in [2.75, 3.05) is 19.6 Å². The van der Waals surface area contributed by atoms with E-state index >= 15 is 0 Å². The van der Waals surface area contributed by atoms with Gasteiger partial charge in [-0.05, 0) is 43.9 Å². The Morgan fingerprint density at radius 3 is 2.90 bits per heavy atom. The van der Waals surface area contributed by atoms with Gasteiger partial charge in [0, 0.05) is 30.7 Å². The van der Waals surface area contributed by atoms with Crippen LogP contribution in [0.15, 0.2) is 31.4 Å². The molecular weight excluding hydrogens is 381 g/mol. The Morgan fingerprint density at radius 2 is 2.13 bits per heavy atom. The van der Waals surface area contributed by atoms with Crippen LogP contribution in [0.3, 0.4) is 0 Å². The summed E-state index contributed by atoms with van der Waals surface area (Å²) in [5.74, 6) is 0.311. The number of rotatable bonds is 6. The van der Waals surface area contributed by atoms with Gasteiger partial charge in [0.25, 0.3) is 0 Å². The standard InChI is InChI=1S/C22H30FN7/c1-16(17-12-29-30(13-17)18-5-2-3-6-18)11-19-20(27-10-9-26-19)21(24)28-15-22(23)7-4-8-25-14-22/h9-13,18,25,28H,1-8,14-15,24H2/b19-11+,21-20-. The topological polar surface area (TPSA) is 93.7 Å². The number of nitrogens with two attached hydrogens (primary N) is 1. The molecule has 1 unspecified atom stereocenters. The van der Waals surface area contributed by atoms with Crippen LogP contribution < -0.4 is 27.1 Å². The lowest BCUT2D eigenvalue weighted by Crippen LogP contribution is -2.50. The molecule has 1 aliphatic heterocycles. The highest BCUT2D eigenvalue weighted by Gasteiger charge is 2.31. The first-order valence-corrected chi connectivity index (χ1v) is 10.7. The number of piperidine rings is 1. The van der Waals surface area contributed by atoms with Crippen molar-refractivity contribution in [2.45, 2.75) is 50.2 Å². The highest BCUT2D eigenvalue weighted by molar-refractivity contribution is 5.85. The summed E-state index contributed by atoms with van der Waals surface area (Å²) in [7, 11) is 0. The molecule has 7 nitrogen and oxygen atoms in total. The van der Waals surface area contributed by atoms with Crippen molar-refractivity contribution in [1.29, 1.82) is 0 Å². The lowest BCUT2D eigenvalue weighted by Gasteiger charge is -2.30. The van der Waals surface area contributed by atoms with Crippen molar-refractivity contribution in [1.82, 2.24) is 30.4 Å². The zero-order chi connectivity index (χ0) is 21.0. The lowest BCUT2D eigenvalue weighted by molar-refractivity contribution is 0.125. The largest absolute Gasteiger partial charge is 0.384 e. The van der Waals surface area contributed by atoms with E-state index in [1.165, 1.54) is 25.7 Å². The van der Waals surface area contributed by atoms with Gasteiger partial charge in [0.05, 0.1) is 24.1 Å². The molecule has 1 saturated carbocycles. The van der Waals surface area contributed by atoms with Crippen LogP contribution in [-0.2, 0) is 0 Å². The summed E-state index contributed by atoms with van der Waals surface area (Å²) in [5.41, 5.74) is 6.64. The van der Waals surface area contributed by atoms with E-state index in [1.54, 1.807) is 12.4 Å². The Morgan fingerprint density at radius 1 is 1.33 bits per heavy atom. The maximum Gasteiger partial charge on any atom is 0.140 e. The molecule has 1 saturated heterocycles. The molecule has 2 aromatic heterocycles. The molecule has 1 atom stereocenters. The number of nitrogens with zero attached hydrogens (tertiary/aromatic N) is 4. The molecule has 160 valence electrons. The predicted octanol–water partition coefficient (Wildman–Crippen LogP) is 0.988. The molecule has 2 fully saturated rings. The maximum atomic E-state index is 14.8. The third kappa shape index (κ3) is 4.70. The number of hydrogen-bond donors (Lipinski definition) is 3.